The number of nitrogens with one attached hydrogen (secondary N) is 1. The van der Waals surface area contributed by atoms with E-state index in [0.717, 1.165) is 11.3 Å². The first-order valence-electron chi connectivity index (χ1n) is 9.47. The Morgan fingerprint density at radius 3 is 2.34 bits per heavy atom. The quantitative estimate of drug-likeness (QED) is 0.802. The normalized spacial score (nSPS) is 13.8. The SMILES string of the molecule is COc1ccc(CNc2ccnc(C(=O)N3CCN(C(C)=O)CC3)c2)cc1OC. The van der Waals surface area contributed by atoms with E-state index in [4.69, 9.17) is 9.47 Å². The van der Waals surface area contributed by atoms with Crippen LogP contribution in [0.5, 0.6) is 11.5 Å². The summed E-state index contributed by atoms with van der Waals surface area (Å²) in [7, 11) is 3.21. The average molecular weight is 398 g/mol. The lowest BCUT2D eigenvalue weighted by Crippen LogP contribution is -2.50. The number of hydrogen-bond acceptors (Lipinski definition) is 6. The molecule has 0 atom stereocenters. The lowest BCUT2D eigenvalue weighted by Gasteiger charge is -2.34. The zero-order valence-electron chi connectivity index (χ0n) is 17.0. The van der Waals surface area contributed by atoms with Crippen molar-refractivity contribution in [1.29, 1.82) is 0 Å². The number of piperazine rings is 1. The number of rotatable bonds is 6. The van der Waals surface area contributed by atoms with Crippen LogP contribution >= 0.6 is 0 Å². The van der Waals surface area contributed by atoms with Crippen LogP contribution < -0.4 is 14.8 Å². The van der Waals surface area contributed by atoms with E-state index in [9.17, 15) is 9.59 Å². The lowest BCUT2D eigenvalue weighted by molar-refractivity contribution is -0.130. The minimum Gasteiger partial charge on any atom is -0.493 e. The summed E-state index contributed by atoms with van der Waals surface area (Å²) in [4.78, 5) is 31.9. The van der Waals surface area contributed by atoms with E-state index in [2.05, 4.69) is 10.3 Å². The molecule has 3 rings (SSSR count). The van der Waals surface area contributed by atoms with Gasteiger partial charge < -0.3 is 24.6 Å². The van der Waals surface area contributed by atoms with Gasteiger partial charge in [-0.2, -0.15) is 0 Å². The van der Waals surface area contributed by atoms with Gasteiger partial charge >= 0.3 is 0 Å². The Bertz CT molecular complexity index is 879. The monoisotopic (exact) mass is 398 g/mol. The minimum atomic E-state index is -0.122. The predicted molar refractivity (Wildman–Crippen MR) is 109 cm³/mol. The molecule has 29 heavy (non-hydrogen) atoms. The Labute approximate surface area is 170 Å². The Hall–Kier alpha value is -3.29. The van der Waals surface area contributed by atoms with Gasteiger partial charge in [0.05, 0.1) is 14.2 Å². The fraction of sp³-hybridized carbons (Fsp3) is 0.381. The number of anilines is 1. The fourth-order valence-electron chi connectivity index (χ4n) is 3.24. The Balaban J connectivity index is 1.62. The van der Waals surface area contributed by atoms with Crippen LogP contribution in [0.4, 0.5) is 5.69 Å². The van der Waals surface area contributed by atoms with Crippen molar-refractivity contribution in [3.8, 4) is 11.5 Å². The number of carbonyl (C=O) groups excluding carboxylic acids is 2. The first-order chi connectivity index (χ1) is 14.0. The molecule has 2 heterocycles. The highest BCUT2D eigenvalue weighted by Crippen LogP contribution is 2.27. The van der Waals surface area contributed by atoms with Gasteiger partial charge in [0.1, 0.15) is 5.69 Å². The predicted octanol–water partition coefficient (Wildman–Crippen LogP) is 2.02. The molecule has 8 heteroatoms. The van der Waals surface area contributed by atoms with Gasteiger partial charge in [-0.1, -0.05) is 6.07 Å². The molecule has 2 amide bonds. The standard InChI is InChI=1S/C21H26N4O4/c1-15(26)24-8-10-25(11-9-24)21(27)18-13-17(6-7-22-18)23-14-16-4-5-19(28-2)20(12-16)29-3/h4-7,12-13H,8-11,14H2,1-3H3,(H,22,23). The number of aromatic nitrogens is 1. The molecule has 0 unspecified atom stereocenters. The van der Waals surface area contributed by atoms with Gasteiger partial charge in [-0.3, -0.25) is 14.6 Å². The summed E-state index contributed by atoms with van der Waals surface area (Å²) in [6.07, 6.45) is 1.62. The summed E-state index contributed by atoms with van der Waals surface area (Å²) < 4.78 is 10.6. The van der Waals surface area contributed by atoms with Gasteiger partial charge in [-0.05, 0) is 29.8 Å². The van der Waals surface area contributed by atoms with Gasteiger partial charge in [-0.25, -0.2) is 0 Å². The maximum Gasteiger partial charge on any atom is 0.272 e. The first kappa shape index (κ1) is 20.4. The summed E-state index contributed by atoms with van der Waals surface area (Å²) in [6, 6.07) is 9.30. The molecule has 1 aliphatic heterocycles. The van der Waals surface area contributed by atoms with Crippen molar-refractivity contribution in [2.24, 2.45) is 0 Å². The molecule has 0 radical (unpaired) electrons. The van der Waals surface area contributed by atoms with Crippen LogP contribution in [0, 0.1) is 0 Å². The van der Waals surface area contributed by atoms with E-state index in [1.54, 1.807) is 43.2 Å². The molecule has 1 aromatic heterocycles. The molecule has 1 fully saturated rings. The molecule has 0 bridgehead atoms. The summed E-state index contributed by atoms with van der Waals surface area (Å²) in [5, 5.41) is 3.31. The highest BCUT2D eigenvalue weighted by atomic mass is 16.5. The number of pyridine rings is 1. The van der Waals surface area contributed by atoms with Crippen LogP contribution in [0.3, 0.4) is 0 Å². The molecule has 1 saturated heterocycles. The molecule has 154 valence electrons. The van der Waals surface area contributed by atoms with Gasteiger partial charge in [0, 0.05) is 51.5 Å². The maximum atomic E-state index is 12.8. The number of methoxy groups -OCH3 is 2. The van der Waals surface area contributed by atoms with Crippen LogP contribution in [-0.4, -0.2) is 67.0 Å². The molecule has 1 aromatic carbocycles. The molecule has 2 aromatic rings. The van der Waals surface area contributed by atoms with Crippen molar-refractivity contribution >= 4 is 17.5 Å². The average Bonchev–Trinajstić information content (AvgIpc) is 2.77. The summed E-state index contributed by atoms with van der Waals surface area (Å²) in [5.41, 5.74) is 2.21. The number of nitrogens with zero attached hydrogens (tertiary/aromatic N) is 3. The molecule has 0 spiro atoms. The van der Waals surface area contributed by atoms with E-state index >= 15 is 0 Å². The number of ether oxygens (including phenoxy) is 2. The summed E-state index contributed by atoms with van der Waals surface area (Å²) in [5.74, 6) is 1.26. The van der Waals surface area contributed by atoms with E-state index in [1.165, 1.54) is 0 Å². The van der Waals surface area contributed by atoms with Gasteiger partial charge in [0.25, 0.3) is 5.91 Å². The number of amides is 2. The van der Waals surface area contributed by atoms with Crippen LogP contribution in [-0.2, 0) is 11.3 Å². The van der Waals surface area contributed by atoms with Gasteiger partial charge in [0.15, 0.2) is 11.5 Å². The topological polar surface area (TPSA) is 84.0 Å². The number of carbonyl (C=O) groups is 2. The Kier molecular flexibility index (Phi) is 6.54. The maximum absolute atomic E-state index is 12.8. The third-order valence-electron chi connectivity index (χ3n) is 4.94. The van der Waals surface area contributed by atoms with Crippen LogP contribution in [0.25, 0.3) is 0 Å². The van der Waals surface area contributed by atoms with Crippen LogP contribution in [0.15, 0.2) is 36.5 Å². The molecule has 1 N–H and O–H groups in total. The van der Waals surface area contributed by atoms with Crippen molar-refractivity contribution in [3.63, 3.8) is 0 Å². The Morgan fingerprint density at radius 1 is 1.00 bits per heavy atom. The van der Waals surface area contributed by atoms with Crippen molar-refractivity contribution in [2.75, 3.05) is 45.7 Å². The molecular formula is C21H26N4O4. The van der Waals surface area contributed by atoms with E-state index in [1.807, 2.05) is 24.3 Å². The second kappa shape index (κ2) is 9.27. The molecule has 8 nitrogen and oxygen atoms in total. The van der Waals surface area contributed by atoms with Crippen molar-refractivity contribution in [3.05, 3.63) is 47.8 Å². The molecular weight excluding hydrogens is 372 g/mol. The van der Waals surface area contributed by atoms with Crippen molar-refractivity contribution in [1.82, 2.24) is 14.8 Å². The van der Waals surface area contributed by atoms with Crippen LogP contribution in [0.2, 0.25) is 0 Å². The van der Waals surface area contributed by atoms with Crippen molar-refractivity contribution in [2.45, 2.75) is 13.5 Å². The second-order valence-electron chi connectivity index (χ2n) is 6.77. The minimum absolute atomic E-state index is 0.0385. The first-order valence-corrected chi connectivity index (χ1v) is 9.47. The highest BCUT2D eigenvalue weighted by molar-refractivity contribution is 5.93. The summed E-state index contributed by atoms with van der Waals surface area (Å²) >= 11 is 0. The van der Waals surface area contributed by atoms with Gasteiger partial charge in [-0.15, -0.1) is 0 Å². The smallest absolute Gasteiger partial charge is 0.272 e. The molecule has 0 saturated carbocycles. The molecule has 0 aliphatic carbocycles. The highest BCUT2D eigenvalue weighted by Gasteiger charge is 2.24. The number of benzene rings is 1. The van der Waals surface area contributed by atoms with E-state index in [-0.39, 0.29) is 11.8 Å². The lowest BCUT2D eigenvalue weighted by atomic mass is 10.2. The third kappa shape index (κ3) is 4.96. The zero-order valence-corrected chi connectivity index (χ0v) is 17.0. The Morgan fingerprint density at radius 2 is 1.69 bits per heavy atom. The zero-order chi connectivity index (χ0) is 20.8. The second-order valence-corrected chi connectivity index (χ2v) is 6.77. The molecule has 1 aliphatic rings. The number of hydrogen-bond donors (Lipinski definition) is 1. The van der Waals surface area contributed by atoms with Crippen molar-refractivity contribution < 1.29 is 19.1 Å². The third-order valence-corrected chi connectivity index (χ3v) is 4.94. The van der Waals surface area contributed by atoms with E-state index in [0.29, 0.717) is 49.9 Å². The largest absolute Gasteiger partial charge is 0.493 e. The summed E-state index contributed by atoms with van der Waals surface area (Å²) in [6.45, 7) is 4.26. The van der Waals surface area contributed by atoms with Crippen LogP contribution in [0.1, 0.15) is 23.0 Å². The van der Waals surface area contributed by atoms with E-state index < -0.39 is 0 Å². The van der Waals surface area contributed by atoms with Gasteiger partial charge in [0.2, 0.25) is 5.91 Å². The fourth-order valence-corrected chi connectivity index (χ4v) is 3.24.